The van der Waals surface area contributed by atoms with Crippen molar-refractivity contribution in [3.8, 4) is 6.07 Å². The van der Waals surface area contributed by atoms with Gasteiger partial charge in [0.25, 0.3) is 5.69 Å². The van der Waals surface area contributed by atoms with E-state index in [1.165, 1.54) is 12.1 Å². The predicted molar refractivity (Wildman–Crippen MR) is 95.6 cm³/mol. The number of nitrogens with zero attached hydrogens (tertiary/aromatic N) is 3. The zero-order valence-corrected chi connectivity index (χ0v) is 14.8. The topological polar surface area (TPSA) is 109 Å². The monoisotopic (exact) mass is 356 g/mol. The summed E-state index contributed by atoms with van der Waals surface area (Å²) < 4.78 is 0. The first-order valence-corrected chi connectivity index (χ1v) is 8.37. The van der Waals surface area contributed by atoms with Gasteiger partial charge in [0.2, 0.25) is 5.91 Å². The largest absolute Gasteiger partial charge is 0.325 e. The smallest absolute Gasteiger partial charge is 0.274 e. The lowest BCUT2D eigenvalue weighted by molar-refractivity contribution is -0.385. The minimum absolute atomic E-state index is 0.0480. The number of carbonyl (C=O) groups is 1. The Balaban J connectivity index is 2.12. The Bertz CT molecular complexity index is 890. The minimum atomic E-state index is -0.488. The number of nitro groups is 1. The van der Waals surface area contributed by atoms with Crippen molar-refractivity contribution in [3.63, 3.8) is 0 Å². The second-order valence-electron chi connectivity index (χ2n) is 5.42. The molecule has 0 saturated heterocycles. The maximum absolute atomic E-state index is 12.2. The average Bonchev–Trinajstić information content (AvgIpc) is 2.54. The van der Waals surface area contributed by atoms with Crippen molar-refractivity contribution >= 4 is 29.0 Å². The molecule has 2 rings (SSSR count). The summed E-state index contributed by atoms with van der Waals surface area (Å²) in [5.41, 5.74) is 2.78. The number of nitrogens with one attached hydrogen (secondary N) is 1. The molecule has 0 bridgehead atoms. The van der Waals surface area contributed by atoms with E-state index < -0.39 is 4.92 Å². The number of anilines is 1. The number of carbonyl (C=O) groups excluding carboxylic acids is 1. The van der Waals surface area contributed by atoms with Gasteiger partial charge in [0.1, 0.15) is 11.1 Å². The quantitative estimate of drug-likeness (QED) is 0.499. The van der Waals surface area contributed by atoms with Crippen molar-refractivity contribution < 1.29 is 9.72 Å². The van der Waals surface area contributed by atoms with Gasteiger partial charge in [-0.05, 0) is 38.5 Å². The molecular formula is C17H16N4O3S. The fourth-order valence-electron chi connectivity index (χ4n) is 2.32. The number of aromatic nitrogens is 1. The van der Waals surface area contributed by atoms with Crippen molar-refractivity contribution in [1.29, 1.82) is 5.26 Å². The lowest BCUT2D eigenvalue weighted by atomic mass is 10.1. The van der Waals surface area contributed by atoms with E-state index in [0.29, 0.717) is 21.8 Å². The van der Waals surface area contributed by atoms with Crippen LogP contribution in [-0.2, 0) is 4.79 Å². The fourth-order valence-corrected chi connectivity index (χ4v) is 3.22. The molecule has 0 unspecified atom stereocenters. The van der Waals surface area contributed by atoms with Gasteiger partial charge < -0.3 is 5.32 Å². The summed E-state index contributed by atoms with van der Waals surface area (Å²) in [5, 5.41) is 23.4. The molecule has 0 radical (unpaired) electrons. The normalized spacial score (nSPS) is 10.2. The predicted octanol–water partition coefficient (Wildman–Crippen LogP) is 3.52. The maximum Gasteiger partial charge on any atom is 0.274 e. The number of hydrogen-bond donors (Lipinski definition) is 1. The lowest BCUT2D eigenvalue weighted by Crippen LogP contribution is -2.15. The molecule has 8 heteroatoms. The van der Waals surface area contributed by atoms with Crippen molar-refractivity contribution in [2.75, 3.05) is 11.1 Å². The van der Waals surface area contributed by atoms with E-state index in [4.69, 9.17) is 0 Å². The number of amides is 1. The first-order chi connectivity index (χ1) is 11.8. The van der Waals surface area contributed by atoms with Crippen LogP contribution in [0.15, 0.2) is 29.3 Å². The Morgan fingerprint density at radius 2 is 2.12 bits per heavy atom. The van der Waals surface area contributed by atoms with E-state index in [1.54, 1.807) is 13.0 Å². The maximum atomic E-state index is 12.2. The third-order valence-electron chi connectivity index (χ3n) is 3.54. The number of benzene rings is 1. The van der Waals surface area contributed by atoms with Crippen LogP contribution in [0.25, 0.3) is 0 Å². The van der Waals surface area contributed by atoms with Crippen LogP contribution in [0.5, 0.6) is 0 Å². The lowest BCUT2D eigenvalue weighted by Gasteiger charge is -2.09. The molecule has 1 heterocycles. The number of hydrogen-bond acceptors (Lipinski definition) is 6. The van der Waals surface area contributed by atoms with Crippen molar-refractivity contribution in [2.24, 2.45) is 0 Å². The highest BCUT2D eigenvalue weighted by Gasteiger charge is 2.16. The van der Waals surface area contributed by atoms with E-state index >= 15 is 0 Å². The van der Waals surface area contributed by atoms with Gasteiger partial charge in [-0.2, -0.15) is 5.26 Å². The van der Waals surface area contributed by atoms with Gasteiger partial charge >= 0.3 is 0 Å². The van der Waals surface area contributed by atoms with Gasteiger partial charge in [-0.3, -0.25) is 14.9 Å². The first kappa shape index (κ1) is 18.4. The summed E-state index contributed by atoms with van der Waals surface area (Å²) >= 11 is 1.16. The molecule has 0 spiro atoms. The molecule has 25 heavy (non-hydrogen) atoms. The Labute approximate surface area is 149 Å². The van der Waals surface area contributed by atoms with Crippen LogP contribution in [0.1, 0.15) is 22.4 Å². The molecule has 1 amide bonds. The second kappa shape index (κ2) is 7.77. The highest BCUT2D eigenvalue weighted by atomic mass is 32.2. The first-order valence-electron chi connectivity index (χ1n) is 7.38. The molecule has 0 aliphatic carbocycles. The van der Waals surface area contributed by atoms with E-state index in [9.17, 15) is 20.2 Å². The van der Waals surface area contributed by atoms with Gasteiger partial charge in [-0.1, -0.05) is 17.8 Å². The highest BCUT2D eigenvalue weighted by molar-refractivity contribution is 8.00. The van der Waals surface area contributed by atoms with Crippen LogP contribution in [-0.4, -0.2) is 21.6 Å². The Hall–Kier alpha value is -2.92. The van der Waals surface area contributed by atoms with Crippen molar-refractivity contribution in [3.05, 3.63) is 56.8 Å². The summed E-state index contributed by atoms with van der Waals surface area (Å²) in [5.74, 6) is -0.273. The van der Waals surface area contributed by atoms with Crippen LogP contribution in [0.4, 0.5) is 11.4 Å². The molecule has 0 fully saturated rings. The standard InChI is InChI=1S/C17H16N4O3S/c1-10-7-11(2)19-17(13(10)8-18)25-9-16(22)20-14-5-4-6-15(12(14)3)21(23)24/h4-7H,9H2,1-3H3,(H,20,22). The van der Waals surface area contributed by atoms with E-state index in [0.717, 1.165) is 23.0 Å². The van der Waals surface area contributed by atoms with E-state index in [1.807, 2.05) is 19.9 Å². The zero-order valence-electron chi connectivity index (χ0n) is 14.0. The van der Waals surface area contributed by atoms with Gasteiger partial charge in [-0.25, -0.2) is 4.98 Å². The minimum Gasteiger partial charge on any atom is -0.325 e. The second-order valence-corrected chi connectivity index (χ2v) is 6.38. The molecule has 1 N–H and O–H groups in total. The van der Waals surface area contributed by atoms with E-state index in [-0.39, 0.29) is 17.3 Å². The van der Waals surface area contributed by atoms with Crippen LogP contribution in [0.2, 0.25) is 0 Å². The Morgan fingerprint density at radius 1 is 1.40 bits per heavy atom. The van der Waals surface area contributed by atoms with Crippen LogP contribution >= 0.6 is 11.8 Å². The average molecular weight is 356 g/mol. The van der Waals surface area contributed by atoms with Crippen LogP contribution in [0, 0.1) is 42.2 Å². The summed E-state index contributed by atoms with van der Waals surface area (Å²) in [6.45, 7) is 5.23. The SMILES string of the molecule is Cc1cc(C)c(C#N)c(SCC(=O)Nc2cccc([N+](=O)[O-])c2C)n1. The number of thioether (sulfide) groups is 1. The Morgan fingerprint density at radius 3 is 2.76 bits per heavy atom. The number of aryl methyl sites for hydroxylation is 2. The fraction of sp³-hybridized carbons (Fsp3) is 0.235. The molecular weight excluding hydrogens is 340 g/mol. The summed E-state index contributed by atoms with van der Waals surface area (Å²) in [6, 6.07) is 8.44. The Kier molecular flexibility index (Phi) is 5.72. The van der Waals surface area contributed by atoms with Crippen LogP contribution < -0.4 is 5.32 Å². The summed E-state index contributed by atoms with van der Waals surface area (Å²) in [7, 11) is 0. The number of nitro benzene ring substituents is 1. The molecule has 7 nitrogen and oxygen atoms in total. The van der Waals surface area contributed by atoms with Gasteiger partial charge in [0, 0.05) is 11.8 Å². The third kappa shape index (κ3) is 4.33. The van der Waals surface area contributed by atoms with Crippen LogP contribution in [0.3, 0.4) is 0 Å². The molecule has 0 saturated carbocycles. The molecule has 128 valence electrons. The van der Waals surface area contributed by atoms with Crippen molar-refractivity contribution in [1.82, 2.24) is 4.98 Å². The third-order valence-corrected chi connectivity index (χ3v) is 4.51. The number of nitriles is 1. The molecule has 0 aliphatic rings. The zero-order chi connectivity index (χ0) is 18.6. The van der Waals surface area contributed by atoms with E-state index in [2.05, 4.69) is 16.4 Å². The summed E-state index contributed by atoms with van der Waals surface area (Å²) in [6.07, 6.45) is 0. The molecule has 1 aromatic carbocycles. The summed E-state index contributed by atoms with van der Waals surface area (Å²) in [4.78, 5) is 27.0. The van der Waals surface area contributed by atoms with Gasteiger partial charge in [0.15, 0.2) is 0 Å². The molecule has 1 aromatic heterocycles. The molecule has 2 aromatic rings. The van der Waals surface area contributed by atoms with Crippen molar-refractivity contribution in [2.45, 2.75) is 25.8 Å². The number of pyridine rings is 1. The molecule has 0 atom stereocenters. The van der Waals surface area contributed by atoms with Gasteiger partial charge in [-0.15, -0.1) is 0 Å². The highest BCUT2D eigenvalue weighted by Crippen LogP contribution is 2.26. The van der Waals surface area contributed by atoms with Gasteiger partial charge in [0.05, 0.1) is 27.5 Å². The number of rotatable bonds is 5. The molecule has 0 aliphatic heterocycles.